The number of hydrogen-bond donors (Lipinski definition) is 1. The third-order valence-corrected chi connectivity index (χ3v) is 4.28. The lowest BCUT2D eigenvalue weighted by Gasteiger charge is -2.11. The monoisotopic (exact) mass is 295 g/mol. The van der Waals surface area contributed by atoms with Crippen molar-refractivity contribution in [3.8, 4) is 0 Å². The molecule has 6 heteroatoms. The molecule has 0 radical (unpaired) electrons. The van der Waals surface area contributed by atoms with Gasteiger partial charge in [0.2, 0.25) is 0 Å². The first-order valence-corrected chi connectivity index (χ1v) is 7.87. The minimum absolute atomic E-state index is 0.268. The Balaban J connectivity index is 2.13. The topological polar surface area (TPSA) is 66.3 Å². The van der Waals surface area contributed by atoms with Crippen molar-refractivity contribution in [2.45, 2.75) is 37.1 Å². The minimum Gasteiger partial charge on any atom is -0.478 e. The van der Waals surface area contributed by atoms with Crippen molar-refractivity contribution in [2.75, 3.05) is 26.4 Å². The maximum atomic E-state index is 11.4. The number of carboxylic acids is 1. The summed E-state index contributed by atoms with van der Waals surface area (Å²) < 4.78 is 0. The summed E-state index contributed by atoms with van der Waals surface area (Å²) in [6.07, 6.45) is 3.26. The van der Waals surface area contributed by atoms with Gasteiger partial charge in [0.15, 0.2) is 0 Å². The van der Waals surface area contributed by atoms with Crippen molar-refractivity contribution in [1.29, 1.82) is 0 Å². The van der Waals surface area contributed by atoms with E-state index in [1.165, 1.54) is 11.8 Å². The molecule has 1 fully saturated rings. The van der Waals surface area contributed by atoms with Crippen molar-refractivity contribution in [3.05, 3.63) is 17.1 Å². The molecule has 0 aliphatic heterocycles. The Hall–Kier alpha value is -1.14. The van der Waals surface area contributed by atoms with Gasteiger partial charge in [0.1, 0.15) is 16.4 Å². The Morgan fingerprint density at radius 3 is 2.65 bits per heavy atom. The molecule has 0 aromatic carbocycles. The summed E-state index contributed by atoms with van der Waals surface area (Å²) in [6, 6.07) is 0. The number of hydrogen-bond acceptors (Lipinski definition) is 5. The fourth-order valence-electron chi connectivity index (χ4n) is 1.99. The second kappa shape index (κ2) is 6.54. The lowest BCUT2D eigenvalue weighted by Crippen LogP contribution is -2.14. The summed E-state index contributed by atoms with van der Waals surface area (Å²) in [5, 5.41) is 9.97. The molecule has 0 atom stereocenters. The lowest BCUT2D eigenvalue weighted by atomic mass is 10.2. The molecule has 1 aromatic rings. The summed E-state index contributed by atoms with van der Waals surface area (Å²) >= 11 is 1.53. The van der Waals surface area contributed by atoms with Crippen LogP contribution in [0, 0.1) is 6.92 Å². The van der Waals surface area contributed by atoms with E-state index in [1.54, 1.807) is 6.92 Å². The predicted molar refractivity (Wildman–Crippen MR) is 79.6 cm³/mol. The summed E-state index contributed by atoms with van der Waals surface area (Å²) in [5.41, 5.74) is 0.855. The highest BCUT2D eigenvalue weighted by atomic mass is 32.2. The molecule has 1 aliphatic rings. The average molecular weight is 295 g/mol. The zero-order valence-electron chi connectivity index (χ0n) is 12.2. The van der Waals surface area contributed by atoms with Gasteiger partial charge in [-0.05, 0) is 46.8 Å². The molecule has 1 aromatic heterocycles. The molecule has 20 heavy (non-hydrogen) atoms. The van der Waals surface area contributed by atoms with Crippen LogP contribution in [0.25, 0.3) is 0 Å². The molecule has 5 nitrogen and oxygen atoms in total. The number of aromatic nitrogens is 2. The zero-order valence-corrected chi connectivity index (χ0v) is 13.0. The van der Waals surface area contributed by atoms with Gasteiger partial charge in [-0.1, -0.05) is 0 Å². The highest BCUT2D eigenvalue weighted by Gasteiger charge is 2.29. The summed E-state index contributed by atoms with van der Waals surface area (Å²) in [5.74, 6) is 1.21. The molecular weight excluding hydrogens is 274 g/mol. The molecule has 0 unspecified atom stereocenters. The van der Waals surface area contributed by atoms with Crippen LogP contribution >= 0.6 is 11.8 Å². The van der Waals surface area contributed by atoms with Crippen molar-refractivity contribution in [3.63, 3.8) is 0 Å². The standard InChI is InChI=1S/C14H21N3O2S/c1-9-11(14(18)19)13(20-8-4-7-17(2)3)16-12(15-9)10-5-6-10/h10H,4-8H2,1-3H3,(H,18,19). The number of thioether (sulfide) groups is 1. The van der Waals surface area contributed by atoms with Crippen LogP contribution in [0.4, 0.5) is 0 Å². The smallest absolute Gasteiger partial charge is 0.340 e. The molecule has 0 saturated heterocycles. The van der Waals surface area contributed by atoms with Gasteiger partial charge < -0.3 is 10.0 Å². The molecular formula is C14H21N3O2S. The van der Waals surface area contributed by atoms with Gasteiger partial charge in [-0.15, -0.1) is 11.8 Å². The van der Waals surface area contributed by atoms with Crippen molar-refractivity contribution in [2.24, 2.45) is 0 Å². The van der Waals surface area contributed by atoms with Gasteiger partial charge in [0.25, 0.3) is 0 Å². The molecule has 1 N–H and O–H groups in total. The Labute approximate surface area is 123 Å². The quantitative estimate of drug-likeness (QED) is 0.473. The Kier molecular flexibility index (Phi) is 4.99. The van der Waals surface area contributed by atoms with E-state index < -0.39 is 5.97 Å². The summed E-state index contributed by atoms with van der Waals surface area (Å²) in [4.78, 5) is 22.4. The maximum absolute atomic E-state index is 11.4. The predicted octanol–water partition coefficient (Wildman–Crippen LogP) is 2.40. The average Bonchev–Trinajstić information content (AvgIpc) is 3.17. The van der Waals surface area contributed by atoms with Gasteiger partial charge in [-0.2, -0.15) is 0 Å². The van der Waals surface area contributed by atoms with Crippen molar-refractivity contribution >= 4 is 17.7 Å². The fraction of sp³-hybridized carbons (Fsp3) is 0.643. The van der Waals surface area contributed by atoms with Crippen LogP contribution in [0.2, 0.25) is 0 Å². The zero-order chi connectivity index (χ0) is 14.7. The lowest BCUT2D eigenvalue weighted by molar-refractivity contribution is 0.0690. The highest BCUT2D eigenvalue weighted by Crippen LogP contribution is 2.39. The van der Waals surface area contributed by atoms with Crippen LogP contribution in [0.1, 0.15) is 47.1 Å². The third kappa shape index (κ3) is 3.93. The van der Waals surface area contributed by atoms with Crippen molar-refractivity contribution in [1.82, 2.24) is 14.9 Å². The molecule has 2 rings (SSSR count). The molecule has 1 heterocycles. The fourth-order valence-corrected chi connectivity index (χ4v) is 3.00. The van der Waals surface area contributed by atoms with Gasteiger partial charge in [-0.3, -0.25) is 0 Å². The van der Waals surface area contributed by atoms with Crippen LogP contribution < -0.4 is 0 Å². The maximum Gasteiger partial charge on any atom is 0.340 e. The Bertz CT molecular complexity index is 501. The van der Waals surface area contributed by atoms with Crippen LogP contribution in [-0.2, 0) is 0 Å². The van der Waals surface area contributed by atoms with Crippen molar-refractivity contribution < 1.29 is 9.90 Å². The van der Waals surface area contributed by atoms with E-state index in [9.17, 15) is 9.90 Å². The van der Waals surface area contributed by atoms with E-state index in [2.05, 4.69) is 14.9 Å². The van der Waals surface area contributed by atoms with Crippen LogP contribution in [0.15, 0.2) is 5.03 Å². The second-order valence-corrected chi connectivity index (χ2v) is 6.52. The normalized spacial score (nSPS) is 14.8. The SMILES string of the molecule is Cc1nc(C2CC2)nc(SCCCN(C)C)c1C(=O)O. The molecule has 1 aliphatic carbocycles. The van der Waals surface area contributed by atoms with E-state index >= 15 is 0 Å². The van der Waals surface area contributed by atoms with E-state index in [0.717, 1.165) is 37.4 Å². The van der Waals surface area contributed by atoms with E-state index in [4.69, 9.17) is 0 Å². The first kappa shape index (κ1) is 15.3. The van der Waals surface area contributed by atoms with Crippen LogP contribution in [-0.4, -0.2) is 52.3 Å². The van der Waals surface area contributed by atoms with Crippen LogP contribution in [0.3, 0.4) is 0 Å². The van der Waals surface area contributed by atoms with E-state index in [1.807, 2.05) is 14.1 Å². The number of nitrogens with zero attached hydrogens (tertiary/aromatic N) is 3. The Morgan fingerprint density at radius 1 is 1.40 bits per heavy atom. The van der Waals surface area contributed by atoms with E-state index in [0.29, 0.717) is 16.6 Å². The third-order valence-electron chi connectivity index (χ3n) is 3.22. The van der Waals surface area contributed by atoms with Gasteiger partial charge in [0, 0.05) is 11.7 Å². The van der Waals surface area contributed by atoms with Gasteiger partial charge >= 0.3 is 5.97 Å². The number of aromatic carboxylic acids is 1. The second-order valence-electron chi connectivity index (χ2n) is 5.43. The molecule has 1 saturated carbocycles. The Morgan fingerprint density at radius 2 is 2.10 bits per heavy atom. The van der Waals surface area contributed by atoms with E-state index in [-0.39, 0.29) is 5.56 Å². The molecule has 110 valence electrons. The molecule has 0 spiro atoms. The van der Waals surface area contributed by atoms with Crippen LogP contribution in [0.5, 0.6) is 0 Å². The first-order chi connectivity index (χ1) is 9.49. The summed E-state index contributed by atoms with van der Waals surface area (Å²) in [6.45, 7) is 2.76. The molecule has 0 amide bonds. The number of rotatable bonds is 7. The van der Waals surface area contributed by atoms with Gasteiger partial charge in [0.05, 0.1) is 5.69 Å². The largest absolute Gasteiger partial charge is 0.478 e. The number of carboxylic acid groups (broad SMARTS) is 1. The van der Waals surface area contributed by atoms with Gasteiger partial charge in [-0.25, -0.2) is 14.8 Å². The number of carbonyl (C=O) groups is 1. The minimum atomic E-state index is -0.931. The molecule has 0 bridgehead atoms. The highest BCUT2D eigenvalue weighted by molar-refractivity contribution is 7.99. The first-order valence-electron chi connectivity index (χ1n) is 6.88. The number of aryl methyl sites for hydroxylation is 1. The summed E-state index contributed by atoms with van der Waals surface area (Å²) in [7, 11) is 4.07.